The molecule has 0 amide bonds. The normalized spacial score (nSPS) is 12.1. The Morgan fingerprint density at radius 3 is 2.17 bits per heavy atom. The molecule has 2 rings (SSSR count). The van der Waals surface area contributed by atoms with Gasteiger partial charge in [0.15, 0.2) is 0 Å². The van der Waals surface area contributed by atoms with Gasteiger partial charge in [-0.2, -0.15) is 0 Å². The van der Waals surface area contributed by atoms with E-state index in [1.165, 1.54) is 27.1 Å². The van der Waals surface area contributed by atoms with Crippen molar-refractivity contribution in [3.63, 3.8) is 0 Å². The van der Waals surface area contributed by atoms with Gasteiger partial charge in [0.1, 0.15) is 0 Å². The average Bonchev–Trinajstić information content (AvgIpc) is 2.46. The molecule has 0 spiro atoms. The molecule has 0 bridgehead atoms. The highest BCUT2D eigenvalue weighted by atomic mass is 32.2. The van der Waals surface area contributed by atoms with Gasteiger partial charge in [-0.25, -0.2) is 0 Å². The second kappa shape index (κ2) is 4.97. The molecule has 96 valence electrons. The van der Waals surface area contributed by atoms with E-state index in [1.807, 2.05) is 11.8 Å². The van der Waals surface area contributed by atoms with Gasteiger partial charge in [-0.1, -0.05) is 58.0 Å². The van der Waals surface area contributed by atoms with Crippen molar-refractivity contribution in [1.82, 2.24) is 0 Å². The third-order valence-electron chi connectivity index (χ3n) is 3.14. The lowest BCUT2D eigenvalue weighted by molar-refractivity contribution is 0.801. The maximum atomic E-state index is 2.29. The Balaban J connectivity index is 2.65. The van der Waals surface area contributed by atoms with Gasteiger partial charge in [0.2, 0.25) is 0 Å². The number of thioether (sulfide) groups is 1. The Labute approximate surface area is 115 Å². The average molecular weight is 258 g/mol. The molecule has 0 saturated heterocycles. The maximum absolute atomic E-state index is 2.29. The Kier molecular flexibility index (Phi) is 3.72. The fourth-order valence-corrected chi connectivity index (χ4v) is 3.66. The van der Waals surface area contributed by atoms with Crippen LogP contribution in [0.1, 0.15) is 38.8 Å². The summed E-state index contributed by atoms with van der Waals surface area (Å²) in [5.74, 6) is 0. The number of hydrogen-bond donors (Lipinski definition) is 0. The molecule has 0 atom stereocenters. The van der Waals surface area contributed by atoms with Gasteiger partial charge in [0.25, 0.3) is 0 Å². The van der Waals surface area contributed by atoms with Gasteiger partial charge < -0.3 is 0 Å². The van der Waals surface area contributed by atoms with Gasteiger partial charge in [-0.3, -0.25) is 0 Å². The standard InChI is InChI=1S/C17H22S/c1-6-13-15-11-9-7-8-10-14(15)12(2)16(13)18-17(3,4)5/h7-11H,6H2,1-5H3. The molecule has 0 fully saturated rings. The van der Waals surface area contributed by atoms with Gasteiger partial charge in [-0.15, -0.1) is 11.8 Å². The SMILES string of the molecule is CCc1c2cccccc-2c(C)c1SC(C)(C)C. The molecular weight excluding hydrogens is 236 g/mol. The first-order valence-corrected chi connectivity index (χ1v) is 7.45. The molecular formula is C17H22S. The van der Waals surface area contributed by atoms with Gasteiger partial charge in [0.05, 0.1) is 0 Å². The van der Waals surface area contributed by atoms with E-state index < -0.39 is 0 Å². The predicted octanol–water partition coefficient (Wildman–Crippen LogP) is 5.55. The first-order valence-electron chi connectivity index (χ1n) is 6.63. The maximum Gasteiger partial charge on any atom is 0.0151 e. The molecule has 0 unspecified atom stereocenters. The summed E-state index contributed by atoms with van der Waals surface area (Å²) in [4.78, 5) is 1.49. The summed E-state index contributed by atoms with van der Waals surface area (Å²) in [5.41, 5.74) is 5.78. The van der Waals surface area contributed by atoms with E-state index in [9.17, 15) is 0 Å². The third kappa shape index (κ3) is 2.56. The molecule has 18 heavy (non-hydrogen) atoms. The lowest BCUT2D eigenvalue weighted by Crippen LogP contribution is -2.07. The molecule has 1 heteroatoms. The topological polar surface area (TPSA) is 0 Å². The third-order valence-corrected chi connectivity index (χ3v) is 4.51. The minimum atomic E-state index is 0.265. The second-order valence-electron chi connectivity index (χ2n) is 5.74. The van der Waals surface area contributed by atoms with Crippen LogP contribution in [0.4, 0.5) is 0 Å². The van der Waals surface area contributed by atoms with Crippen LogP contribution in [0.3, 0.4) is 0 Å². The van der Waals surface area contributed by atoms with Crippen molar-refractivity contribution < 1.29 is 0 Å². The van der Waals surface area contributed by atoms with E-state index >= 15 is 0 Å². The van der Waals surface area contributed by atoms with E-state index in [0.29, 0.717) is 0 Å². The molecule has 0 heterocycles. The minimum absolute atomic E-state index is 0.265. The summed E-state index contributed by atoms with van der Waals surface area (Å²) >= 11 is 2.00. The molecule has 0 aromatic carbocycles. The zero-order valence-corrected chi connectivity index (χ0v) is 12.8. The second-order valence-corrected chi connectivity index (χ2v) is 7.58. The molecule has 0 aromatic rings. The number of fused-ring (bicyclic) bond motifs is 1. The number of hydrogen-bond acceptors (Lipinski definition) is 1. The van der Waals surface area contributed by atoms with E-state index in [0.717, 1.165) is 6.42 Å². The van der Waals surface area contributed by atoms with Crippen LogP contribution < -0.4 is 0 Å². The van der Waals surface area contributed by atoms with E-state index in [2.05, 4.69) is 65.0 Å². The lowest BCUT2D eigenvalue weighted by Gasteiger charge is -2.18. The predicted molar refractivity (Wildman–Crippen MR) is 82.8 cm³/mol. The highest BCUT2D eigenvalue weighted by molar-refractivity contribution is 8.00. The van der Waals surface area contributed by atoms with E-state index in [-0.39, 0.29) is 4.75 Å². The summed E-state index contributed by atoms with van der Waals surface area (Å²) in [6, 6.07) is 10.9. The van der Waals surface area contributed by atoms with Crippen LogP contribution in [0.2, 0.25) is 0 Å². The summed E-state index contributed by atoms with van der Waals surface area (Å²) in [5, 5.41) is 0. The van der Waals surface area contributed by atoms with Crippen molar-refractivity contribution in [1.29, 1.82) is 0 Å². The molecule has 0 aromatic heterocycles. The van der Waals surface area contributed by atoms with Crippen molar-refractivity contribution in [3.05, 3.63) is 41.5 Å². The smallest absolute Gasteiger partial charge is 0.0151 e. The molecule has 0 saturated carbocycles. The van der Waals surface area contributed by atoms with Crippen LogP contribution in [0.5, 0.6) is 0 Å². The summed E-state index contributed by atoms with van der Waals surface area (Å²) < 4.78 is 0.265. The summed E-state index contributed by atoms with van der Waals surface area (Å²) in [7, 11) is 0. The van der Waals surface area contributed by atoms with E-state index in [1.54, 1.807) is 0 Å². The monoisotopic (exact) mass is 258 g/mol. The quantitative estimate of drug-likeness (QED) is 0.636. The van der Waals surface area contributed by atoms with Crippen LogP contribution >= 0.6 is 11.8 Å². The Bertz CT molecular complexity index is 520. The molecule has 2 aliphatic rings. The molecule has 2 aliphatic carbocycles. The summed E-state index contributed by atoms with van der Waals surface area (Å²) in [6.07, 6.45) is 1.10. The van der Waals surface area contributed by atoms with Crippen molar-refractivity contribution in [3.8, 4) is 11.1 Å². The zero-order chi connectivity index (χ0) is 13.3. The first kappa shape index (κ1) is 13.5. The largest absolute Gasteiger partial charge is 0.120 e. The van der Waals surface area contributed by atoms with Gasteiger partial charge >= 0.3 is 0 Å². The highest BCUT2D eigenvalue weighted by Gasteiger charge is 2.23. The van der Waals surface area contributed by atoms with Crippen molar-refractivity contribution >= 4 is 11.8 Å². The van der Waals surface area contributed by atoms with Crippen LogP contribution in [-0.4, -0.2) is 4.75 Å². The molecule has 0 radical (unpaired) electrons. The first-order chi connectivity index (χ1) is 8.44. The molecule has 0 aliphatic heterocycles. The van der Waals surface area contributed by atoms with Crippen molar-refractivity contribution in [2.24, 2.45) is 0 Å². The Morgan fingerprint density at radius 2 is 1.61 bits per heavy atom. The highest BCUT2D eigenvalue weighted by Crippen LogP contribution is 2.45. The fourth-order valence-electron chi connectivity index (χ4n) is 2.40. The van der Waals surface area contributed by atoms with Crippen LogP contribution in [0.15, 0.2) is 35.2 Å². The lowest BCUT2D eigenvalue weighted by atomic mass is 10.1. The zero-order valence-electron chi connectivity index (χ0n) is 12.0. The Morgan fingerprint density at radius 1 is 1.00 bits per heavy atom. The van der Waals surface area contributed by atoms with Gasteiger partial charge in [-0.05, 0) is 35.6 Å². The van der Waals surface area contributed by atoms with E-state index in [4.69, 9.17) is 0 Å². The van der Waals surface area contributed by atoms with Gasteiger partial charge in [0, 0.05) is 9.64 Å². The molecule has 0 nitrogen and oxygen atoms in total. The fraction of sp³-hybridized carbons (Fsp3) is 0.412. The van der Waals surface area contributed by atoms with Crippen molar-refractivity contribution in [2.75, 3.05) is 0 Å². The van der Waals surface area contributed by atoms with Crippen LogP contribution in [0, 0.1) is 6.92 Å². The molecule has 0 N–H and O–H groups in total. The summed E-state index contributed by atoms with van der Waals surface area (Å²) in [6.45, 7) is 11.4. The van der Waals surface area contributed by atoms with Crippen LogP contribution in [-0.2, 0) is 6.42 Å². The Hall–Kier alpha value is -0.950. The van der Waals surface area contributed by atoms with Crippen LogP contribution in [0.25, 0.3) is 11.1 Å². The minimum Gasteiger partial charge on any atom is -0.120 e. The number of rotatable bonds is 2. The van der Waals surface area contributed by atoms with Crippen molar-refractivity contribution in [2.45, 2.75) is 50.7 Å².